The van der Waals surface area contributed by atoms with Crippen molar-refractivity contribution in [3.63, 3.8) is 0 Å². The predicted molar refractivity (Wildman–Crippen MR) is 73.1 cm³/mol. The summed E-state index contributed by atoms with van der Waals surface area (Å²) in [6, 6.07) is 7.29. The minimum atomic E-state index is -0.417. The third-order valence-electron chi connectivity index (χ3n) is 3.82. The molecule has 1 aliphatic carbocycles. The topological polar surface area (TPSA) is 86.7 Å². The molecule has 20 heavy (non-hydrogen) atoms. The van der Waals surface area contributed by atoms with Crippen molar-refractivity contribution >= 4 is 5.91 Å². The number of tetrazole rings is 1. The maximum atomic E-state index is 11.2. The lowest BCUT2D eigenvalue weighted by molar-refractivity contribution is 0.1000. The Morgan fingerprint density at radius 2 is 2.15 bits per heavy atom. The number of carbonyl (C=O) groups excluding carboxylic acids is 1. The zero-order valence-electron chi connectivity index (χ0n) is 11.2. The average Bonchev–Trinajstić information content (AvgIpc) is 3.09. The fourth-order valence-corrected chi connectivity index (χ4v) is 2.80. The van der Waals surface area contributed by atoms with Crippen molar-refractivity contribution in [3.8, 4) is 0 Å². The van der Waals surface area contributed by atoms with Crippen molar-refractivity contribution in [2.75, 3.05) is 0 Å². The highest BCUT2D eigenvalue weighted by Gasteiger charge is 2.23. The number of benzene rings is 1. The SMILES string of the molecule is NC(=O)c1cccc(Cn2nnnc2C2CCCC2)c1. The van der Waals surface area contributed by atoms with Crippen LogP contribution in [0, 0.1) is 0 Å². The molecule has 0 aliphatic heterocycles. The molecule has 0 atom stereocenters. The quantitative estimate of drug-likeness (QED) is 0.912. The Morgan fingerprint density at radius 1 is 1.35 bits per heavy atom. The summed E-state index contributed by atoms with van der Waals surface area (Å²) in [5.41, 5.74) is 6.79. The van der Waals surface area contributed by atoms with Gasteiger partial charge in [-0.1, -0.05) is 25.0 Å². The Morgan fingerprint density at radius 3 is 2.90 bits per heavy atom. The van der Waals surface area contributed by atoms with Crippen molar-refractivity contribution in [1.29, 1.82) is 0 Å². The minimum absolute atomic E-state index is 0.417. The van der Waals surface area contributed by atoms with Crippen LogP contribution in [-0.2, 0) is 6.54 Å². The Hall–Kier alpha value is -2.24. The van der Waals surface area contributed by atoms with E-state index in [9.17, 15) is 4.79 Å². The maximum absolute atomic E-state index is 11.2. The van der Waals surface area contributed by atoms with Gasteiger partial charge in [0, 0.05) is 11.5 Å². The maximum Gasteiger partial charge on any atom is 0.248 e. The summed E-state index contributed by atoms with van der Waals surface area (Å²) in [6.45, 7) is 0.569. The molecule has 1 amide bonds. The van der Waals surface area contributed by atoms with Crippen LogP contribution in [0.25, 0.3) is 0 Å². The average molecular weight is 271 g/mol. The lowest BCUT2D eigenvalue weighted by Gasteiger charge is -2.10. The molecular weight excluding hydrogens is 254 g/mol. The van der Waals surface area contributed by atoms with Gasteiger partial charge in [-0.05, 0) is 41.0 Å². The number of aromatic nitrogens is 4. The standard InChI is InChI=1S/C14H17N5O/c15-13(20)12-7-3-4-10(8-12)9-19-14(16-17-18-19)11-5-1-2-6-11/h3-4,7-8,11H,1-2,5-6,9H2,(H2,15,20). The molecule has 0 saturated heterocycles. The van der Waals surface area contributed by atoms with E-state index in [1.165, 1.54) is 12.8 Å². The molecule has 0 unspecified atom stereocenters. The van der Waals surface area contributed by atoms with E-state index in [0.29, 0.717) is 18.0 Å². The lowest BCUT2D eigenvalue weighted by atomic mass is 10.1. The smallest absolute Gasteiger partial charge is 0.248 e. The zero-order valence-corrected chi connectivity index (χ0v) is 11.2. The van der Waals surface area contributed by atoms with Crippen molar-refractivity contribution in [1.82, 2.24) is 20.2 Å². The van der Waals surface area contributed by atoms with Crippen LogP contribution in [0.3, 0.4) is 0 Å². The summed E-state index contributed by atoms with van der Waals surface area (Å²) >= 11 is 0. The van der Waals surface area contributed by atoms with E-state index < -0.39 is 5.91 Å². The second kappa shape index (κ2) is 5.40. The monoisotopic (exact) mass is 271 g/mol. The number of nitrogens with zero attached hydrogens (tertiary/aromatic N) is 4. The summed E-state index contributed by atoms with van der Waals surface area (Å²) in [4.78, 5) is 11.2. The number of amides is 1. The highest BCUT2D eigenvalue weighted by molar-refractivity contribution is 5.92. The van der Waals surface area contributed by atoms with Crippen LogP contribution in [0.1, 0.15) is 53.3 Å². The number of nitrogens with two attached hydrogens (primary N) is 1. The molecular formula is C14H17N5O. The second-order valence-corrected chi connectivity index (χ2v) is 5.24. The van der Waals surface area contributed by atoms with Crippen LogP contribution in [-0.4, -0.2) is 26.1 Å². The third-order valence-corrected chi connectivity index (χ3v) is 3.82. The summed E-state index contributed by atoms with van der Waals surface area (Å²) in [5.74, 6) is 0.996. The van der Waals surface area contributed by atoms with Crippen LogP contribution in [0.5, 0.6) is 0 Å². The molecule has 1 aromatic heterocycles. The molecule has 1 saturated carbocycles. The first-order valence-electron chi connectivity index (χ1n) is 6.89. The summed E-state index contributed by atoms with van der Waals surface area (Å²) in [5, 5.41) is 12.0. The molecule has 0 radical (unpaired) electrons. The zero-order chi connectivity index (χ0) is 13.9. The summed E-state index contributed by atoms with van der Waals surface area (Å²) in [7, 11) is 0. The van der Waals surface area contributed by atoms with Gasteiger partial charge in [0.2, 0.25) is 5.91 Å². The predicted octanol–water partition coefficient (Wildman–Crippen LogP) is 1.48. The Bertz CT molecular complexity index is 616. The number of primary amides is 1. The molecule has 1 heterocycles. The number of hydrogen-bond donors (Lipinski definition) is 1. The van der Waals surface area contributed by atoms with Gasteiger partial charge in [-0.3, -0.25) is 4.79 Å². The van der Waals surface area contributed by atoms with E-state index in [-0.39, 0.29) is 0 Å². The van der Waals surface area contributed by atoms with Gasteiger partial charge in [0.1, 0.15) is 0 Å². The molecule has 104 valence electrons. The van der Waals surface area contributed by atoms with Gasteiger partial charge in [-0.15, -0.1) is 5.10 Å². The van der Waals surface area contributed by atoms with Crippen LogP contribution in [0.15, 0.2) is 24.3 Å². The minimum Gasteiger partial charge on any atom is -0.366 e. The molecule has 0 bridgehead atoms. The van der Waals surface area contributed by atoms with Gasteiger partial charge in [-0.2, -0.15) is 0 Å². The van der Waals surface area contributed by atoms with Crippen molar-refractivity contribution in [2.24, 2.45) is 5.73 Å². The fourth-order valence-electron chi connectivity index (χ4n) is 2.80. The molecule has 6 nitrogen and oxygen atoms in total. The van der Waals surface area contributed by atoms with E-state index in [0.717, 1.165) is 24.2 Å². The molecule has 1 aromatic carbocycles. The molecule has 6 heteroatoms. The van der Waals surface area contributed by atoms with Gasteiger partial charge in [0.15, 0.2) is 5.82 Å². The fraction of sp³-hybridized carbons (Fsp3) is 0.429. The van der Waals surface area contributed by atoms with Crippen molar-refractivity contribution < 1.29 is 4.79 Å². The molecule has 1 aliphatic rings. The van der Waals surface area contributed by atoms with E-state index in [1.54, 1.807) is 12.1 Å². The molecule has 1 fully saturated rings. The first-order chi connectivity index (χ1) is 9.74. The molecule has 2 N–H and O–H groups in total. The number of hydrogen-bond acceptors (Lipinski definition) is 4. The highest BCUT2D eigenvalue weighted by Crippen LogP contribution is 2.32. The van der Waals surface area contributed by atoms with E-state index in [2.05, 4.69) is 15.5 Å². The van der Waals surface area contributed by atoms with E-state index in [1.807, 2.05) is 16.8 Å². The Kier molecular flexibility index (Phi) is 3.45. The van der Waals surface area contributed by atoms with Gasteiger partial charge in [0.05, 0.1) is 6.54 Å². The van der Waals surface area contributed by atoms with Crippen LogP contribution < -0.4 is 5.73 Å². The van der Waals surface area contributed by atoms with E-state index in [4.69, 9.17) is 5.73 Å². The number of carbonyl (C=O) groups is 1. The Balaban J connectivity index is 1.82. The van der Waals surface area contributed by atoms with Crippen molar-refractivity contribution in [3.05, 3.63) is 41.2 Å². The van der Waals surface area contributed by atoms with Crippen LogP contribution in [0.4, 0.5) is 0 Å². The van der Waals surface area contributed by atoms with E-state index >= 15 is 0 Å². The number of rotatable bonds is 4. The van der Waals surface area contributed by atoms with Crippen LogP contribution >= 0.6 is 0 Å². The summed E-state index contributed by atoms with van der Waals surface area (Å²) < 4.78 is 1.83. The van der Waals surface area contributed by atoms with Crippen LogP contribution in [0.2, 0.25) is 0 Å². The summed E-state index contributed by atoms with van der Waals surface area (Å²) in [6.07, 6.45) is 4.80. The molecule has 0 spiro atoms. The van der Waals surface area contributed by atoms with Gasteiger partial charge in [0.25, 0.3) is 0 Å². The normalized spacial score (nSPS) is 15.6. The second-order valence-electron chi connectivity index (χ2n) is 5.24. The molecule has 3 rings (SSSR count). The first kappa shape index (κ1) is 12.8. The van der Waals surface area contributed by atoms with Crippen molar-refractivity contribution in [2.45, 2.75) is 38.1 Å². The van der Waals surface area contributed by atoms with Gasteiger partial charge < -0.3 is 5.73 Å². The van der Waals surface area contributed by atoms with Gasteiger partial charge >= 0.3 is 0 Å². The third kappa shape index (κ3) is 2.54. The highest BCUT2D eigenvalue weighted by atomic mass is 16.1. The largest absolute Gasteiger partial charge is 0.366 e. The Labute approximate surface area is 117 Å². The van der Waals surface area contributed by atoms with Gasteiger partial charge in [-0.25, -0.2) is 4.68 Å². The molecule has 2 aromatic rings. The first-order valence-corrected chi connectivity index (χ1v) is 6.89. The lowest BCUT2D eigenvalue weighted by Crippen LogP contribution is -2.13.